The molecule has 12 heavy (non-hydrogen) atoms. The lowest BCUT2D eigenvalue weighted by Crippen LogP contribution is -2.01. The van der Waals surface area contributed by atoms with Crippen LogP contribution in [-0.2, 0) is 0 Å². The Morgan fingerprint density at radius 2 is 2.17 bits per heavy atom. The average Bonchev–Trinajstić information content (AvgIpc) is 2.00. The largest absolute Gasteiger partial charge is 0.396 e. The number of halogens is 3. The first-order valence-electron chi connectivity index (χ1n) is 3.02. The van der Waals surface area contributed by atoms with Gasteiger partial charge in [0.25, 0.3) is 0 Å². The summed E-state index contributed by atoms with van der Waals surface area (Å²) in [6, 6.07) is 2.94. The van der Waals surface area contributed by atoms with Crippen LogP contribution in [0.4, 0.5) is 10.1 Å². The fourth-order valence-corrected chi connectivity index (χ4v) is 1.27. The standard InChI is InChI=1S/C7H5BrClFN2/c8-4-2-1-3(7(9)12)6(11)5(4)10/h1-2,12H,11H2. The average molecular weight is 251 g/mol. The Hall–Kier alpha value is -0.610. The lowest BCUT2D eigenvalue weighted by atomic mass is 10.2. The summed E-state index contributed by atoms with van der Waals surface area (Å²) in [7, 11) is 0. The zero-order valence-electron chi connectivity index (χ0n) is 5.87. The first-order valence-corrected chi connectivity index (χ1v) is 4.19. The first kappa shape index (κ1) is 9.48. The lowest BCUT2D eigenvalue weighted by molar-refractivity contribution is 0.625. The zero-order chi connectivity index (χ0) is 9.30. The monoisotopic (exact) mass is 250 g/mol. The molecule has 0 saturated heterocycles. The normalized spacial score (nSPS) is 9.92. The topological polar surface area (TPSA) is 49.9 Å². The van der Waals surface area contributed by atoms with Gasteiger partial charge < -0.3 is 5.73 Å². The van der Waals surface area contributed by atoms with Crippen molar-refractivity contribution in [1.29, 1.82) is 5.41 Å². The van der Waals surface area contributed by atoms with Gasteiger partial charge in [0.2, 0.25) is 0 Å². The Labute approximate surface area is 82.2 Å². The molecule has 1 rings (SSSR count). The SMILES string of the molecule is N=C(Cl)c1ccc(Br)c(F)c1N. The van der Waals surface area contributed by atoms with Crippen LogP contribution in [0, 0.1) is 11.2 Å². The molecule has 0 bridgehead atoms. The van der Waals surface area contributed by atoms with Crippen LogP contribution in [0.2, 0.25) is 0 Å². The van der Waals surface area contributed by atoms with Crippen LogP contribution in [0.1, 0.15) is 5.56 Å². The highest BCUT2D eigenvalue weighted by molar-refractivity contribution is 9.10. The van der Waals surface area contributed by atoms with Crippen LogP contribution >= 0.6 is 27.5 Å². The fraction of sp³-hybridized carbons (Fsp3) is 0. The van der Waals surface area contributed by atoms with Crippen molar-refractivity contribution in [3.63, 3.8) is 0 Å². The molecule has 0 spiro atoms. The summed E-state index contributed by atoms with van der Waals surface area (Å²) >= 11 is 8.31. The second-order valence-corrected chi connectivity index (χ2v) is 3.37. The molecule has 0 aliphatic carbocycles. The zero-order valence-corrected chi connectivity index (χ0v) is 8.21. The quantitative estimate of drug-likeness (QED) is 0.585. The molecule has 64 valence electrons. The molecule has 1 aromatic carbocycles. The van der Waals surface area contributed by atoms with E-state index in [1.807, 2.05) is 0 Å². The van der Waals surface area contributed by atoms with E-state index in [2.05, 4.69) is 15.9 Å². The van der Waals surface area contributed by atoms with E-state index in [9.17, 15) is 4.39 Å². The van der Waals surface area contributed by atoms with E-state index in [-0.39, 0.29) is 20.9 Å². The van der Waals surface area contributed by atoms with Gasteiger partial charge in [-0.15, -0.1) is 0 Å². The third kappa shape index (κ3) is 1.59. The molecule has 1 aromatic rings. The van der Waals surface area contributed by atoms with E-state index in [4.69, 9.17) is 22.7 Å². The Morgan fingerprint density at radius 3 is 2.67 bits per heavy atom. The number of hydrogen-bond acceptors (Lipinski definition) is 2. The van der Waals surface area contributed by atoms with Gasteiger partial charge in [-0.3, -0.25) is 5.41 Å². The minimum atomic E-state index is -0.585. The maximum Gasteiger partial charge on any atom is 0.160 e. The third-order valence-corrected chi connectivity index (χ3v) is 2.19. The van der Waals surface area contributed by atoms with Gasteiger partial charge >= 0.3 is 0 Å². The van der Waals surface area contributed by atoms with Crippen LogP contribution in [-0.4, -0.2) is 5.17 Å². The van der Waals surface area contributed by atoms with Crippen molar-refractivity contribution >= 4 is 38.4 Å². The summed E-state index contributed by atoms with van der Waals surface area (Å²) in [6.07, 6.45) is 0. The van der Waals surface area contributed by atoms with Gasteiger partial charge in [0, 0.05) is 5.56 Å². The molecule has 0 aliphatic heterocycles. The van der Waals surface area contributed by atoms with Crippen molar-refractivity contribution in [3.05, 3.63) is 28.0 Å². The van der Waals surface area contributed by atoms with Gasteiger partial charge in [0.15, 0.2) is 5.82 Å². The summed E-state index contributed by atoms with van der Waals surface area (Å²) in [5.74, 6) is -0.585. The molecule has 0 saturated carbocycles. The van der Waals surface area contributed by atoms with Crippen LogP contribution < -0.4 is 5.73 Å². The van der Waals surface area contributed by atoms with E-state index in [0.29, 0.717) is 0 Å². The fourth-order valence-electron chi connectivity index (χ4n) is 0.758. The molecule has 0 radical (unpaired) electrons. The smallest absolute Gasteiger partial charge is 0.160 e. The van der Waals surface area contributed by atoms with Crippen molar-refractivity contribution in [2.75, 3.05) is 5.73 Å². The van der Waals surface area contributed by atoms with Gasteiger partial charge in [-0.05, 0) is 28.1 Å². The van der Waals surface area contributed by atoms with Crippen molar-refractivity contribution in [2.45, 2.75) is 0 Å². The molecule has 3 N–H and O–H groups in total. The first-order chi connectivity index (χ1) is 5.54. The predicted molar refractivity (Wildman–Crippen MR) is 51.2 cm³/mol. The van der Waals surface area contributed by atoms with E-state index in [1.165, 1.54) is 12.1 Å². The number of rotatable bonds is 1. The van der Waals surface area contributed by atoms with E-state index >= 15 is 0 Å². The Kier molecular flexibility index (Phi) is 2.69. The number of nitrogens with one attached hydrogen (secondary N) is 1. The van der Waals surface area contributed by atoms with Crippen LogP contribution in [0.5, 0.6) is 0 Å². The lowest BCUT2D eigenvalue weighted by Gasteiger charge is -2.04. The molecule has 0 heterocycles. The highest BCUT2D eigenvalue weighted by atomic mass is 79.9. The number of hydrogen-bond donors (Lipinski definition) is 2. The molecule has 0 unspecified atom stereocenters. The second-order valence-electron chi connectivity index (χ2n) is 2.14. The number of anilines is 1. The number of nitrogen functional groups attached to an aromatic ring is 1. The molecular formula is C7H5BrClFN2. The highest BCUT2D eigenvalue weighted by Crippen LogP contribution is 2.25. The van der Waals surface area contributed by atoms with Crippen LogP contribution in [0.25, 0.3) is 0 Å². The van der Waals surface area contributed by atoms with E-state index < -0.39 is 5.82 Å². The molecule has 0 aromatic heterocycles. The molecule has 0 fully saturated rings. The van der Waals surface area contributed by atoms with Crippen LogP contribution in [0.15, 0.2) is 16.6 Å². The number of benzene rings is 1. The molecule has 5 heteroatoms. The maximum absolute atomic E-state index is 13.0. The van der Waals surface area contributed by atoms with Crippen molar-refractivity contribution in [1.82, 2.24) is 0 Å². The van der Waals surface area contributed by atoms with Gasteiger partial charge in [-0.25, -0.2) is 4.39 Å². The minimum Gasteiger partial charge on any atom is -0.396 e. The minimum absolute atomic E-state index is 0.107. The summed E-state index contributed by atoms with van der Waals surface area (Å²) in [6.45, 7) is 0. The third-order valence-electron chi connectivity index (χ3n) is 1.37. The number of nitrogens with two attached hydrogens (primary N) is 1. The summed E-state index contributed by atoms with van der Waals surface area (Å²) in [5.41, 5.74) is 5.45. The summed E-state index contributed by atoms with van der Waals surface area (Å²) < 4.78 is 13.3. The molecule has 0 amide bonds. The molecular weight excluding hydrogens is 246 g/mol. The summed E-state index contributed by atoms with van der Waals surface area (Å²) in [4.78, 5) is 0. The van der Waals surface area contributed by atoms with Gasteiger partial charge in [-0.1, -0.05) is 11.6 Å². The van der Waals surface area contributed by atoms with Gasteiger partial charge in [-0.2, -0.15) is 0 Å². The summed E-state index contributed by atoms with van der Waals surface area (Å²) in [5, 5.41) is 6.78. The van der Waals surface area contributed by atoms with Gasteiger partial charge in [0.05, 0.1) is 10.2 Å². The van der Waals surface area contributed by atoms with Crippen molar-refractivity contribution in [3.8, 4) is 0 Å². The molecule has 0 aliphatic rings. The predicted octanol–water partition coefficient (Wildman–Crippen LogP) is 2.73. The Balaban J connectivity index is 3.36. The molecule has 0 atom stereocenters. The van der Waals surface area contributed by atoms with Gasteiger partial charge in [0.1, 0.15) is 5.17 Å². The second kappa shape index (κ2) is 3.41. The van der Waals surface area contributed by atoms with Crippen molar-refractivity contribution < 1.29 is 4.39 Å². The molecule has 2 nitrogen and oxygen atoms in total. The maximum atomic E-state index is 13.0. The van der Waals surface area contributed by atoms with Crippen LogP contribution in [0.3, 0.4) is 0 Å². The van der Waals surface area contributed by atoms with Crippen molar-refractivity contribution in [2.24, 2.45) is 0 Å². The highest BCUT2D eigenvalue weighted by Gasteiger charge is 2.10. The van der Waals surface area contributed by atoms with E-state index in [1.54, 1.807) is 0 Å². The van der Waals surface area contributed by atoms with E-state index in [0.717, 1.165) is 0 Å². The Morgan fingerprint density at radius 1 is 1.58 bits per heavy atom. The Bertz CT molecular complexity index is 340.